The van der Waals surface area contributed by atoms with Crippen molar-refractivity contribution in [3.05, 3.63) is 46.4 Å². The molecule has 0 spiro atoms. The van der Waals surface area contributed by atoms with Crippen molar-refractivity contribution in [1.82, 2.24) is 20.1 Å². The lowest BCUT2D eigenvalue weighted by Crippen LogP contribution is -2.33. The highest BCUT2D eigenvalue weighted by molar-refractivity contribution is 8.00. The normalized spacial score (nSPS) is 16.6. The van der Waals surface area contributed by atoms with Crippen molar-refractivity contribution in [1.29, 1.82) is 0 Å². The summed E-state index contributed by atoms with van der Waals surface area (Å²) in [5, 5.41) is 9.81. The zero-order valence-corrected chi connectivity index (χ0v) is 14.7. The van der Waals surface area contributed by atoms with Gasteiger partial charge in [-0.3, -0.25) is 9.36 Å². The summed E-state index contributed by atoms with van der Waals surface area (Å²) >= 11 is 1.32. The highest BCUT2D eigenvalue weighted by atomic mass is 32.2. The van der Waals surface area contributed by atoms with Crippen LogP contribution in [-0.2, 0) is 4.79 Å². The molecule has 128 valence electrons. The third-order valence-electron chi connectivity index (χ3n) is 4.19. The van der Waals surface area contributed by atoms with Gasteiger partial charge in [-0.05, 0) is 31.2 Å². The molecule has 0 aliphatic heterocycles. The topological polar surface area (TPSA) is 79.8 Å². The summed E-state index contributed by atoms with van der Waals surface area (Å²) in [5.41, 5.74) is 1.01. The first kappa shape index (κ1) is 16.8. The monoisotopic (exact) mass is 346 g/mol. The lowest BCUT2D eigenvalue weighted by molar-refractivity contribution is -0.120. The molecule has 1 fully saturated rings. The van der Waals surface area contributed by atoms with Crippen LogP contribution in [0.3, 0.4) is 0 Å². The second-order valence-corrected chi connectivity index (χ2v) is 7.54. The molecule has 1 aliphatic carbocycles. The Morgan fingerprint density at radius 3 is 2.75 bits per heavy atom. The van der Waals surface area contributed by atoms with Gasteiger partial charge in [-0.1, -0.05) is 49.0 Å². The molecule has 6 nitrogen and oxygen atoms in total. The van der Waals surface area contributed by atoms with Crippen molar-refractivity contribution in [2.45, 2.75) is 49.1 Å². The van der Waals surface area contributed by atoms with Crippen LogP contribution in [0, 0.1) is 0 Å². The number of thioether (sulfide) groups is 1. The molecule has 1 aromatic heterocycles. The van der Waals surface area contributed by atoms with Crippen molar-refractivity contribution >= 4 is 17.7 Å². The van der Waals surface area contributed by atoms with Crippen molar-refractivity contribution in [3.63, 3.8) is 0 Å². The van der Waals surface area contributed by atoms with Crippen LogP contribution in [0.2, 0.25) is 0 Å². The smallest absolute Gasteiger partial charge is 0.344 e. The van der Waals surface area contributed by atoms with Crippen LogP contribution in [0.1, 0.15) is 44.2 Å². The molecule has 0 radical (unpaired) electrons. The van der Waals surface area contributed by atoms with E-state index in [9.17, 15) is 9.59 Å². The zero-order valence-electron chi connectivity index (χ0n) is 13.9. The highest BCUT2D eigenvalue weighted by Crippen LogP contribution is 2.36. The maximum Gasteiger partial charge on any atom is 0.344 e. The summed E-state index contributed by atoms with van der Waals surface area (Å²) in [4.78, 5) is 24.1. The standard InChI is InChI=1S/C17H22N4O2S/c1-11(13-6-4-3-5-7-13)10-18-15(22)12(2)24-17-20-19-16(23)21(17)14-8-9-14/h3-7,11-12,14H,8-10H2,1-2H3,(H,18,22)(H,19,23)/t11-,12-/m0/s1. The largest absolute Gasteiger partial charge is 0.355 e. The molecule has 1 amide bonds. The van der Waals surface area contributed by atoms with Gasteiger partial charge in [0.2, 0.25) is 5.91 Å². The Bertz CT molecular complexity index is 751. The molecule has 1 aromatic carbocycles. The molecule has 0 saturated heterocycles. The van der Waals surface area contributed by atoms with Crippen molar-refractivity contribution in [2.75, 3.05) is 6.54 Å². The molecule has 1 aliphatic rings. The predicted molar refractivity (Wildman–Crippen MR) is 94.3 cm³/mol. The van der Waals surface area contributed by atoms with Crippen LogP contribution in [0.15, 0.2) is 40.3 Å². The minimum absolute atomic E-state index is 0.0411. The SMILES string of the molecule is C[C@H](Sc1n[nH]c(=O)n1C1CC1)C(=O)NC[C@H](C)c1ccccc1. The fraction of sp³-hybridized carbons (Fsp3) is 0.471. The number of hydrogen-bond acceptors (Lipinski definition) is 4. The van der Waals surface area contributed by atoms with E-state index >= 15 is 0 Å². The summed E-state index contributed by atoms with van der Waals surface area (Å²) in [6.07, 6.45) is 2.00. The second kappa shape index (κ2) is 7.25. The Morgan fingerprint density at radius 1 is 1.38 bits per heavy atom. The number of amides is 1. The third-order valence-corrected chi connectivity index (χ3v) is 5.25. The van der Waals surface area contributed by atoms with E-state index in [1.54, 1.807) is 4.57 Å². The average Bonchev–Trinajstić information content (AvgIpc) is 3.37. The summed E-state index contributed by atoms with van der Waals surface area (Å²) < 4.78 is 1.67. The van der Waals surface area contributed by atoms with Crippen LogP contribution in [0.4, 0.5) is 0 Å². The van der Waals surface area contributed by atoms with E-state index in [1.165, 1.54) is 17.3 Å². The van der Waals surface area contributed by atoms with Gasteiger partial charge in [-0.2, -0.15) is 0 Å². The van der Waals surface area contributed by atoms with Crippen LogP contribution in [-0.4, -0.2) is 32.5 Å². The van der Waals surface area contributed by atoms with E-state index in [-0.39, 0.29) is 28.8 Å². The fourth-order valence-corrected chi connectivity index (χ4v) is 3.49. The number of carbonyl (C=O) groups excluding carboxylic acids is 1. The minimum atomic E-state index is -0.305. The Morgan fingerprint density at radius 2 is 2.08 bits per heavy atom. The van der Waals surface area contributed by atoms with Gasteiger partial charge in [-0.25, -0.2) is 9.89 Å². The lowest BCUT2D eigenvalue weighted by Gasteiger charge is -2.16. The molecular weight excluding hydrogens is 324 g/mol. The predicted octanol–water partition coefficient (Wildman–Crippen LogP) is 2.31. The van der Waals surface area contributed by atoms with Crippen molar-refractivity contribution in [2.24, 2.45) is 0 Å². The lowest BCUT2D eigenvalue weighted by atomic mass is 10.0. The third kappa shape index (κ3) is 3.90. The molecule has 2 atom stereocenters. The molecule has 24 heavy (non-hydrogen) atoms. The van der Waals surface area contributed by atoms with Gasteiger partial charge >= 0.3 is 5.69 Å². The maximum absolute atomic E-state index is 12.3. The Balaban J connectivity index is 1.54. The number of aromatic nitrogens is 3. The minimum Gasteiger partial charge on any atom is -0.355 e. The Hall–Kier alpha value is -2.02. The summed E-state index contributed by atoms with van der Waals surface area (Å²) in [5.74, 6) is 0.211. The van der Waals surface area contributed by atoms with Gasteiger partial charge in [0.1, 0.15) is 0 Å². The summed E-state index contributed by atoms with van der Waals surface area (Å²) in [6.45, 7) is 4.51. The zero-order chi connectivity index (χ0) is 17.1. The van der Waals surface area contributed by atoms with E-state index in [4.69, 9.17) is 0 Å². The summed E-state index contributed by atoms with van der Waals surface area (Å²) in [6, 6.07) is 10.4. The van der Waals surface area contributed by atoms with Gasteiger partial charge in [-0.15, -0.1) is 5.10 Å². The molecule has 1 heterocycles. The van der Waals surface area contributed by atoms with Crippen molar-refractivity contribution in [3.8, 4) is 0 Å². The number of carbonyl (C=O) groups is 1. The average molecular weight is 346 g/mol. The first-order valence-electron chi connectivity index (χ1n) is 8.22. The molecule has 2 aromatic rings. The van der Waals surface area contributed by atoms with Gasteiger partial charge in [0, 0.05) is 12.6 Å². The van der Waals surface area contributed by atoms with Crippen LogP contribution in [0.25, 0.3) is 0 Å². The number of hydrogen-bond donors (Lipinski definition) is 2. The van der Waals surface area contributed by atoms with E-state index in [0.29, 0.717) is 11.7 Å². The molecule has 1 saturated carbocycles. The maximum atomic E-state index is 12.3. The molecule has 7 heteroatoms. The van der Waals surface area contributed by atoms with Crippen LogP contribution in [0.5, 0.6) is 0 Å². The first-order chi connectivity index (χ1) is 11.6. The van der Waals surface area contributed by atoms with Gasteiger partial charge in [0.25, 0.3) is 0 Å². The van der Waals surface area contributed by atoms with E-state index < -0.39 is 0 Å². The molecular formula is C17H22N4O2S. The second-order valence-electron chi connectivity index (χ2n) is 6.23. The van der Waals surface area contributed by atoms with Gasteiger partial charge in [0.05, 0.1) is 5.25 Å². The number of aromatic amines is 1. The quantitative estimate of drug-likeness (QED) is 0.754. The number of benzene rings is 1. The van der Waals surface area contributed by atoms with Gasteiger partial charge < -0.3 is 5.32 Å². The van der Waals surface area contributed by atoms with Crippen molar-refractivity contribution < 1.29 is 4.79 Å². The van der Waals surface area contributed by atoms with E-state index in [0.717, 1.165) is 12.8 Å². The summed E-state index contributed by atoms with van der Waals surface area (Å²) in [7, 11) is 0. The molecule has 0 unspecified atom stereocenters. The Kier molecular flexibility index (Phi) is 5.08. The number of nitrogens with one attached hydrogen (secondary N) is 2. The molecule has 2 N–H and O–H groups in total. The molecule has 0 bridgehead atoms. The van der Waals surface area contributed by atoms with E-state index in [1.807, 2.05) is 25.1 Å². The van der Waals surface area contributed by atoms with E-state index in [2.05, 4.69) is 34.6 Å². The number of H-pyrrole nitrogens is 1. The van der Waals surface area contributed by atoms with Crippen LogP contribution < -0.4 is 11.0 Å². The first-order valence-corrected chi connectivity index (χ1v) is 9.10. The molecule has 3 rings (SSSR count). The fourth-order valence-electron chi connectivity index (χ4n) is 2.54. The van der Waals surface area contributed by atoms with Gasteiger partial charge in [0.15, 0.2) is 5.16 Å². The number of nitrogens with zero attached hydrogens (tertiary/aromatic N) is 2. The van der Waals surface area contributed by atoms with Crippen LogP contribution >= 0.6 is 11.8 Å². The highest BCUT2D eigenvalue weighted by Gasteiger charge is 2.30. The Labute approximate surface area is 145 Å². The number of rotatable bonds is 7.